The molecule has 0 aliphatic carbocycles. The number of aromatic nitrogens is 1. The summed E-state index contributed by atoms with van der Waals surface area (Å²) in [5.74, 6) is -0.440. The zero-order valence-corrected chi connectivity index (χ0v) is 8.49. The largest absolute Gasteiger partial charge is 0.468 e. The molecule has 5 heteroatoms. The first-order valence-corrected chi connectivity index (χ1v) is 4.44. The fourth-order valence-corrected chi connectivity index (χ4v) is 1.25. The first-order valence-electron chi connectivity index (χ1n) is 4.06. The average molecular weight is 215 g/mol. The van der Waals surface area contributed by atoms with Gasteiger partial charge in [0.2, 0.25) is 0 Å². The lowest BCUT2D eigenvalue weighted by Crippen LogP contribution is -2.33. The smallest absolute Gasteiger partial charge is 0.322 e. The lowest BCUT2D eigenvalue weighted by Gasteiger charge is -2.08. The number of esters is 1. The maximum absolute atomic E-state index is 11.0. The minimum atomic E-state index is -0.666. The van der Waals surface area contributed by atoms with Crippen LogP contribution in [0.1, 0.15) is 5.56 Å². The van der Waals surface area contributed by atoms with E-state index in [1.165, 1.54) is 13.3 Å². The number of ether oxygens (including phenoxy) is 1. The Balaban J connectivity index is 2.64. The van der Waals surface area contributed by atoms with Crippen molar-refractivity contribution in [2.45, 2.75) is 12.5 Å². The average Bonchev–Trinajstić information content (AvgIpc) is 2.16. The number of nitrogens with two attached hydrogens (primary N) is 1. The van der Waals surface area contributed by atoms with Gasteiger partial charge < -0.3 is 10.5 Å². The molecule has 76 valence electrons. The maximum atomic E-state index is 11.0. The van der Waals surface area contributed by atoms with Crippen LogP contribution in [0.25, 0.3) is 0 Å². The van der Waals surface area contributed by atoms with Crippen LogP contribution in [0, 0.1) is 0 Å². The van der Waals surface area contributed by atoms with E-state index in [2.05, 4.69) is 9.72 Å². The second-order valence-electron chi connectivity index (χ2n) is 2.85. The van der Waals surface area contributed by atoms with Gasteiger partial charge in [-0.15, -0.1) is 0 Å². The minimum Gasteiger partial charge on any atom is -0.468 e. The highest BCUT2D eigenvalue weighted by Gasteiger charge is 2.14. The van der Waals surface area contributed by atoms with E-state index in [4.69, 9.17) is 17.3 Å². The molecule has 0 unspecified atom stereocenters. The predicted molar refractivity (Wildman–Crippen MR) is 52.9 cm³/mol. The van der Waals surface area contributed by atoms with Crippen molar-refractivity contribution >= 4 is 17.6 Å². The van der Waals surface area contributed by atoms with Gasteiger partial charge in [-0.25, -0.2) is 0 Å². The third-order valence-electron chi connectivity index (χ3n) is 1.72. The van der Waals surface area contributed by atoms with Crippen molar-refractivity contribution < 1.29 is 9.53 Å². The van der Waals surface area contributed by atoms with Crippen LogP contribution >= 0.6 is 11.6 Å². The summed E-state index contributed by atoms with van der Waals surface area (Å²) in [4.78, 5) is 14.9. The van der Waals surface area contributed by atoms with E-state index in [0.717, 1.165) is 5.56 Å². The lowest BCUT2D eigenvalue weighted by atomic mass is 10.1. The fourth-order valence-electron chi connectivity index (χ4n) is 1.06. The zero-order chi connectivity index (χ0) is 10.6. The number of hydrogen-bond donors (Lipinski definition) is 1. The van der Waals surface area contributed by atoms with E-state index in [-0.39, 0.29) is 0 Å². The Morgan fingerprint density at radius 3 is 3.00 bits per heavy atom. The molecular weight excluding hydrogens is 204 g/mol. The Morgan fingerprint density at radius 2 is 2.43 bits per heavy atom. The van der Waals surface area contributed by atoms with Crippen LogP contribution in [0.2, 0.25) is 5.02 Å². The van der Waals surface area contributed by atoms with E-state index < -0.39 is 12.0 Å². The van der Waals surface area contributed by atoms with E-state index in [1.54, 1.807) is 12.3 Å². The Labute approximate surface area is 87.0 Å². The van der Waals surface area contributed by atoms with Gasteiger partial charge in [-0.1, -0.05) is 11.6 Å². The molecule has 14 heavy (non-hydrogen) atoms. The molecule has 0 saturated carbocycles. The normalized spacial score (nSPS) is 12.2. The van der Waals surface area contributed by atoms with Gasteiger partial charge in [0.05, 0.1) is 12.1 Å². The van der Waals surface area contributed by atoms with Crippen molar-refractivity contribution in [3.8, 4) is 0 Å². The molecule has 0 spiro atoms. The summed E-state index contributed by atoms with van der Waals surface area (Å²) in [5.41, 5.74) is 6.38. The summed E-state index contributed by atoms with van der Waals surface area (Å²) >= 11 is 5.72. The van der Waals surface area contributed by atoms with Gasteiger partial charge in [-0.2, -0.15) is 0 Å². The fraction of sp³-hybridized carbons (Fsp3) is 0.333. The summed E-state index contributed by atoms with van der Waals surface area (Å²) in [6.45, 7) is 0. The van der Waals surface area contributed by atoms with Crippen molar-refractivity contribution in [1.82, 2.24) is 4.98 Å². The van der Waals surface area contributed by atoms with Crippen LogP contribution in [0.4, 0.5) is 0 Å². The van der Waals surface area contributed by atoms with Gasteiger partial charge in [0.1, 0.15) is 6.04 Å². The summed E-state index contributed by atoms with van der Waals surface area (Å²) in [5, 5.41) is 0.527. The zero-order valence-electron chi connectivity index (χ0n) is 7.74. The van der Waals surface area contributed by atoms with Crippen molar-refractivity contribution in [1.29, 1.82) is 0 Å². The summed E-state index contributed by atoms with van der Waals surface area (Å²) in [7, 11) is 1.30. The molecule has 0 aromatic carbocycles. The van der Waals surface area contributed by atoms with E-state index in [0.29, 0.717) is 11.4 Å². The van der Waals surface area contributed by atoms with Gasteiger partial charge in [0, 0.05) is 12.4 Å². The number of rotatable bonds is 3. The van der Waals surface area contributed by atoms with E-state index in [1.807, 2.05) is 0 Å². The van der Waals surface area contributed by atoms with Gasteiger partial charge in [0.15, 0.2) is 0 Å². The highest BCUT2D eigenvalue weighted by atomic mass is 35.5. The van der Waals surface area contributed by atoms with Crippen molar-refractivity contribution in [2.24, 2.45) is 5.73 Å². The number of halogens is 1. The van der Waals surface area contributed by atoms with Crippen LogP contribution in [0.15, 0.2) is 18.5 Å². The number of carbonyl (C=O) groups excluding carboxylic acids is 1. The summed E-state index contributed by atoms with van der Waals surface area (Å²) in [6, 6.07) is 1.05. The van der Waals surface area contributed by atoms with Gasteiger partial charge >= 0.3 is 5.97 Å². The quantitative estimate of drug-likeness (QED) is 0.756. The monoisotopic (exact) mass is 214 g/mol. The molecule has 1 atom stereocenters. The van der Waals surface area contributed by atoms with Crippen molar-refractivity contribution in [3.63, 3.8) is 0 Å². The molecule has 0 aliphatic rings. The van der Waals surface area contributed by atoms with Crippen LogP contribution in [-0.2, 0) is 16.0 Å². The minimum absolute atomic E-state index is 0.375. The molecule has 4 nitrogen and oxygen atoms in total. The van der Waals surface area contributed by atoms with E-state index in [9.17, 15) is 4.79 Å². The molecule has 0 aliphatic heterocycles. The van der Waals surface area contributed by atoms with Crippen molar-refractivity contribution in [2.75, 3.05) is 7.11 Å². The third-order valence-corrected chi connectivity index (χ3v) is 1.93. The molecule has 0 fully saturated rings. The summed E-state index contributed by atoms with van der Waals surface area (Å²) < 4.78 is 4.50. The molecule has 0 radical (unpaired) electrons. The first kappa shape index (κ1) is 10.9. The molecule has 1 aromatic rings. The number of nitrogens with zero attached hydrogens (tertiary/aromatic N) is 1. The molecule has 1 heterocycles. The van der Waals surface area contributed by atoms with Gasteiger partial charge in [0.25, 0.3) is 0 Å². The third kappa shape index (κ3) is 2.97. The highest BCUT2D eigenvalue weighted by molar-refractivity contribution is 6.30. The molecule has 1 aromatic heterocycles. The number of pyridine rings is 1. The lowest BCUT2D eigenvalue weighted by molar-refractivity contribution is -0.142. The van der Waals surface area contributed by atoms with Gasteiger partial charge in [-0.05, 0) is 18.1 Å². The molecule has 0 bridgehead atoms. The Kier molecular flexibility index (Phi) is 3.85. The Morgan fingerprint density at radius 1 is 1.71 bits per heavy atom. The molecule has 2 N–H and O–H groups in total. The highest BCUT2D eigenvalue weighted by Crippen LogP contribution is 2.09. The van der Waals surface area contributed by atoms with Gasteiger partial charge in [-0.3, -0.25) is 9.78 Å². The number of methoxy groups -OCH3 is 1. The first-order chi connectivity index (χ1) is 6.63. The molecular formula is C9H11ClN2O2. The molecule has 0 amide bonds. The van der Waals surface area contributed by atoms with Crippen LogP contribution in [-0.4, -0.2) is 24.1 Å². The van der Waals surface area contributed by atoms with Crippen LogP contribution in [0.3, 0.4) is 0 Å². The van der Waals surface area contributed by atoms with E-state index >= 15 is 0 Å². The van der Waals surface area contributed by atoms with Crippen LogP contribution in [0.5, 0.6) is 0 Å². The second-order valence-corrected chi connectivity index (χ2v) is 3.28. The SMILES string of the molecule is COC(=O)[C@H](N)Cc1cncc(Cl)c1. The maximum Gasteiger partial charge on any atom is 0.322 e. The Hall–Kier alpha value is -1.13. The number of hydrogen-bond acceptors (Lipinski definition) is 4. The summed E-state index contributed by atoms with van der Waals surface area (Å²) in [6.07, 6.45) is 3.52. The standard InChI is InChI=1S/C9H11ClN2O2/c1-14-9(13)8(11)3-6-2-7(10)5-12-4-6/h2,4-5,8H,3,11H2,1H3/t8-/m1/s1. The van der Waals surface area contributed by atoms with Crippen molar-refractivity contribution in [3.05, 3.63) is 29.0 Å². The number of carbonyl (C=O) groups is 1. The molecule has 1 rings (SSSR count). The molecule has 0 saturated heterocycles. The second kappa shape index (κ2) is 4.93. The topological polar surface area (TPSA) is 65.2 Å². The predicted octanol–water partition coefficient (Wildman–Crippen LogP) is 0.778. The van der Waals surface area contributed by atoms with Crippen LogP contribution < -0.4 is 5.73 Å². The Bertz CT molecular complexity index is 330.